The van der Waals surface area contributed by atoms with Crippen molar-refractivity contribution in [3.8, 4) is 5.88 Å². The highest BCUT2D eigenvalue weighted by atomic mass is 127. The first-order valence-electron chi connectivity index (χ1n) is 23.3. The number of unbranched alkanes of at least 4 members (excludes halogenated alkanes) is 5. The number of ether oxygens (including phenoxy) is 7. The maximum Gasteiger partial charge on any atom is 0.338 e. The van der Waals surface area contributed by atoms with Crippen molar-refractivity contribution in [3.05, 3.63) is 183 Å². The van der Waals surface area contributed by atoms with E-state index in [1.807, 2.05) is 28.8 Å². The third kappa shape index (κ3) is 13.8. The van der Waals surface area contributed by atoms with Crippen molar-refractivity contribution in [1.29, 1.82) is 0 Å². The molecule has 8 rings (SSSR count). The van der Waals surface area contributed by atoms with Crippen LogP contribution in [0.25, 0.3) is 11.2 Å². The Bertz CT molecular complexity index is 2860. The average molecular weight is 1070 g/mol. The number of aromatic nitrogens is 4. The van der Waals surface area contributed by atoms with Crippen LogP contribution in [0, 0.1) is 3.57 Å². The minimum absolute atomic E-state index is 0.107. The average Bonchev–Trinajstić information content (AvgIpc) is 3.81. The van der Waals surface area contributed by atoms with Gasteiger partial charge in [-0.2, -0.15) is 9.97 Å². The van der Waals surface area contributed by atoms with Crippen LogP contribution in [0.1, 0.15) is 85.5 Å². The quantitative estimate of drug-likeness (QED) is 0.0291. The number of nitrogen functional groups attached to an aromatic ring is 1. The second-order valence-electron chi connectivity index (χ2n) is 16.6. The first-order chi connectivity index (χ1) is 34.7. The maximum atomic E-state index is 13.9. The second-order valence-corrected chi connectivity index (χ2v) is 17.9. The van der Waals surface area contributed by atoms with Crippen LogP contribution in [0.4, 0.5) is 5.95 Å². The van der Waals surface area contributed by atoms with Gasteiger partial charge in [0.2, 0.25) is 11.8 Å². The smallest absolute Gasteiger partial charge is 0.338 e. The highest BCUT2D eigenvalue weighted by molar-refractivity contribution is 14.1. The van der Waals surface area contributed by atoms with Gasteiger partial charge in [-0.05, 0) is 102 Å². The summed E-state index contributed by atoms with van der Waals surface area (Å²) >= 11 is 2.26. The van der Waals surface area contributed by atoms with Crippen LogP contribution in [0.2, 0.25) is 0 Å². The van der Waals surface area contributed by atoms with Gasteiger partial charge < -0.3 is 43.5 Å². The SMILES string of the molecule is Nc1nc(OCc2cccc(I)c2)c2ncn(CCCCCCCCO[C@@H]3O[C@H](COC(=O)c4ccccc4)[C@@H](OC(=O)c4ccccc4)[C@H](OC(=O)c4ccccc4)[C@H]3OC(=O)c3ccccc3)c2n1. The van der Waals surface area contributed by atoms with Crippen molar-refractivity contribution in [2.45, 2.75) is 82.4 Å². The van der Waals surface area contributed by atoms with E-state index < -0.39 is 61.2 Å². The summed E-state index contributed by atoms with van der Waals surface area (Å²) in [5.41, 5.74) is 9.12. The van der Waals surface area contributed by atoms with Gasteiger partial charge in [0.25, 0.3) is 0 Å². The minimum Gasteiger partial charge on any atom is -0.471 e. The molecule has 0 amide bonds. The van der Waals surface area contributed by atoms with E-state index >= 15 is 0 Å². The summed E-state index contributed by atoms with van der Waals surface area (Å²) in [6.45, 7) is 0.704. The highest BCUT2D eigenvalue weighted by Crippen LogP contribution is 2.32. The number of rotatable bonds is 22. The van der Waals surface area contributed by atoms with Gasteiger partial charge >= 0.3 is 23.9 Å². The first kappa shape index (κ1) is 50.2. The van der Waals surface area contributed by atoms with Gasteiger partial charge in [-0.1, -0.05) is 111 Å². The molecule has 71 heavy (non-hydrogen) atoms. The van der Waals surface area contributed by atoms with E-state index in [2.05, 4.69) is 37.5 Å². The lowest BCUT2D eigenvalue weighted by molar-refractivity contribution is -0.298. The van der Waals surface area contributed by atoms with Crippen molar-refractivity contribution in [1.82, 2.24) is 19.5 Å². The number of halogens is 1. The van der Waals surface area contributed by atoms with Gasteiger partial charge in [-0.3, -0.25) is 0 Å². The monoisotopic (exact) mass is 1070 g/mol. The van der Waals surface area contributed by atoms with Crippen LogP contribution in [0.3, 0.4) is 0 Å². The Morgan fingerprint density at radius 2 is 1.14 bits per heavy atom. The van der Waals surface area contributed by atoms with Gasteiger partial charge in [-0.15, -0.1) is 0 Å². The van der Waals surface area contributed by atoms with Crippen LogP contribution in [-0.4, -0.2) is 87.3 Å². The zero-order valence-corrected chi connectivity index (χ0v) is 40.8. The van der Waals surface area contributed by atoms with E-state index in [0.717, 1.165) is 41.2 Å². The molecular weight excluding hydrogens is 1020 g/mol. The molecule has 7 aromatic rings. The molecule has 1 saturated heterocycles. The number of benzene rings is 5. The van der Waals surface area contributed by atoms with Crippen LogP contribution >= 0.6 is 22.6 Å². The fourth-order valence-electron chi connectivity index (χ4n) is 7.93. The Kier molecular flexibility index (Phi) is 17.7. The number of nitrogens with two attached hydrogens (primary N) is 1. The Labute approximate surface area is 423 Å². The molecule has 0 spiro atoms. The van der Waals surface area contributed by atoms with E-state index in [1.165, 1.54) is 0 Å². The Morgan fingerprint density at radius 1 is 0.606 bits per heavy atom. The Morgan fingerprint density at radius 3 is 1.73 bits per heavy atom. The zero-order valence-electron chi connectivity index (χ0n) is 38.6. The Hall–Kier alpha value is -7.22. The van der Waals surface area contributed by atoms with Crippen LogP contribution < -0.4 is 10.5 Å². The minimum atomic E-state index is -1.50. The standard InChI is InChI=1S/C54H52IN5O11/c55-41-29-19-20-36(32-41)33-66-48-43-47(58-54(56)59-48)60(35-57-43)30-17-3-1-2-4-18-31-65-53-46(71-52(64)40-27-15-8-16-28-40)45(70-51(63)39-25-13-7-14-26-39)44(69-50(62)38-23-11-6-12-24-38)42(68-53)34-67-49(61)37-21-9-5-10-22-37/h5-16,19-29,32,35,42,44-46,53H,1-4,17-18,30-31,33-34H2,(H2,56,58,59)/t42-,44-,45+,46-,53-/m1/s1. The number of carbonyl (C=O) groups is 4. The van der Waals surface area contributed by atoms with Crippen molar-refractivity contribution < 1.29 is 52.3 Å². The van der Waals surface area contributed by atoms with Gasteiger partial charge in [0.15, 0.2) is 35.8 Å². The molecule has 1 aliphatic heterocycles. The topological polar surface area (TPSA) is 203 Å². The number of nitrogens with zero attached hydrogens (tertiary/aromatic N) is 4. The van der Waals surface area contributed by atoms with Gasteiger partial charge in [-0.25, -0.2) is 24.2 Å². The summed E-state index contributed by atoms with van der Waals surface area (Å²) in [6.07, 6.45) is -0.294. The van der Waals surface area contributed by atoms with E-state index in [9.17, 15) is 19.2 Å². The molecule has 0 radical (unpaired) electrons. The lowest BCUT2D eigenvalue weighted by atomic mass is 9.97. The molecule has 0 saturated carbocycles. The van der Waals surface area contributed by atoms with E-state index in [1.54, 1.807) is 128 Å². The number of hydrogen-bond acceptors (Lipinski definition) is 15. The van der Waals surface area contributed by atoms with E-state index in [4.69, 9.17) is 38.9 Å². The molecule has 1 aliphatic rings. The number of esters is 4. The summed E-state index contributed by atoms with van der Waals surface area (Å²) in [5.74, 6) is -2.55. The summed E-state index contributed by atoms with van der Waals surface area (Å²) in [4.78, 5) is 68.2. The summed E-state index contributed by atoms with van der Waals surface area (Å²) < 4.78 is 46.1. The fraction of sp³-hybridized carbons (Fsp3) is 0.278. The van der Waals surface area contributed by atoms with Crippen LogP contribution in [0.5, 0.6) is 5.88 Å². The molecule has 17 heteroatoms. The van der Waals surface area contributed by atoms with Crippen LogP contribution in [-0.2, 0) is 41.6 Å². The molecule has 16 nitrogen and oxygen atoms in total. The van der Waals surface area contributed by atoms with Crippen LogP contribution in [0.15, 0.2) is 152 Å². The predicted molar refractivity (Wildman–Crippen MR) is 269 cm³/mol. The normalized spacial score (nSPS) is 17.5. The molecule has 5 aromatic carbocycles. The van der Waals surface area contributed by atoms with Crippen molar-refractivity contribution in [3.63, 3.8) is 0 Å². The molecule has 2 aromatic heterocycles. The molecule has 2 N–H and O–H groups in total. The third-order valence-corrected chi connectivity index (χ3v) is 12.2. The molecule has 5 atom stereocenters. The molecule has 0 unspecified atom stereocenters. The van der Waals surface area contributed by atoms with Gasteiger partial charge in [0.05, 0.1) is 28.6 Å². The predicted octanol–water partition coefficient (Wildman–Crippen LogP) is 9.21. The largest absolute Gasteiger partial charge is 0.471 e. The second kappa shape index (κ2) is 25.1. The number of aryl methyl sites for hydroxylation is 1. The molecular formula is C54H52IN5O11. The van der Waals surface area contributed by atoms with Gasteiger partial charge in [0.1, 0.15) is 19.3 Å². The maximum absolute atomic E-state index is 13.9. The molecule has 0 aliphatic carbocycles. The fourth-order valence-corrected chi connectivity index (χ4v) is 8.54. The number of imidazole rings is 1. The Balaban J connectivity index is 0.940. The number of hydrogen-bond donors (Lipinski definition) is 1. The molecule has 0 bridgehead atoms. The lowest BCUT2D eigenvalue weighted by Crippen LogP contribution is -2.63. The summed E-state index contributed by atoms with van der Waals surface area (Å²) in [5, 5.41) is 0. The highest BCUT2D eigenvalue weighted by Gasteiger charge is 2.53. The van der Waals surface area contributed by atoms with E-state index in [-0.39, 0.29) is 34.8 Å². The first-order valence-corrected chi connectivity index (χ1v) is 24.4. The zero-order chi connectivity index (χ0) is 49.4. The summed E-state index contributed by atoms with van der Waals surface area (Å²) in [6, 6.07) is 41.1. The third-order valence-electron chi connectivity index (χ3n) is 11.5. The lowest BCUT2D eigenvalue weighted by Gasteiger charge is -2.44. The molecule has 3 heterocycles. The van der Waals surface area contributed by atoms with Crippen molar-refractivity contribution in [2.24, 2.45) is 0 Å². The van der Waals surface area contributed by atoms with E-state index in [0.29, 0.717) is 36.6 Å². The van der Waals surface area contributed by atoms with Crippen molar-refractivity contribution in [2.75, 3.05) is 18.9 Å². The number of carbonyl (C=O) groups excluding carboxylic acids is 4. The number of anilines is 1. The molecule has 1 fully saturated rings. The van der Waals surface area contributed by atoms with Gasteiger partial charge in [0, 0.05) is 16.7 Å². The van der Waals surface area contributed by atoms with Crippen molar-refractivity contribution >= 4 is 63.6 Å². The molecule has 366 valence electrons. The number of fused-ring (bicyclic) bond motifs is 1. The summed E-state index contributed by atoms with van der Waals surface area (Å²) in [7, 11) is 0.